The van der Waals surface area contributed by atoms with Crippen molar-refractivity contribution in [3.8, 4) is 0 Å². The van der Waals surface area contributed by atoms with Crippen molar-refractivity contribution in [1.82, 2.24) is 4.57 Å². The Morgan fingerprint density at radius 1 is 1.11 bits per heavy atom. The van der Waals surface area contributed by atoms with E-state index in [9.17, 15) is 9.59 Å². The third-order valence-electron chi connectivity index (χ3n) is 2.42. The Hall–Kier alpha value is -2.56. The minimum absolute atomic E-state index is 0.0243. The molecule has 1 amide bonds. The van der Waals surface area contributed by atoms with E-state index in [0.717, 1.165) is 0 Å². The minimum Gasteiger partial charge on any atom is -0.477 e. The van der Waals surface area contributed by atoms with E-state index >= 15 is 0 Å². The van der Waals surface area contributed by atoms with Crippen LogP contribution in [0.25, 0.3) is 0 Å². The summed E-state index contributed by atoms with van der Waals surface area (Å²) in [4.78, 5) is 22.6. The number of anilines is 1. The molecule has 0 fully saturated rings. The van der Waals surface area contributed by atoms with Crippen molar-refractivity contribution in [3.05, 3.63) is 54.4 Å². The van der Waals surface area contributed by atoms with Crippen LogP contribution in [0.15, 0.2) is 48.7 Å². The molecule has 1 heterocycles. The Morgan fingerprint density at radius 3 is 2.50 bits per heavy atom. The van der Waals surface area contributed by atoms with Gasteiger partial charge >= 0.3 is 5.97 Å². The van der Waals surface area contributed by atoms with Crippen molar-refractivity contribution in [1.29, 1.82) is 0 Å². The number of hydrogen-bond donors (Lipinski definition) is 2. The Labute approximate surface area is 104 Å². The SMILES string of the molecule is O=C(Cn1cccc1C(=O)O)Nc1ccccc1. The number of hydrogen-bond acceptors (Lipinski definition) is 2. The largest absolute Gasteiger partial charge is 0.477 e. The number of carbonyl (C=O) groups is 2. The predicted molar refractivity (Wildman–Crippen MR) is 66.5 cm³/mol. The van der Waals surface area contributed by atoms with Gasteiger partial charge in [-0.3, -0.25) is 4.79 Å². The highest BCUT2D eigenvalue weighted by Gasteiger charge is 2.11. The highest BCUT2D eigenvalue weighted by molar-refractivity contribution is 5.92. The summed E-state index contributed by atoms with van der Waals surface area (Å²) in [5.74, 6) is -1.31. The second kappa shape index (κ2) is 5.18. The van der Waals surface area contributed by atoms with Crippen LogP contribution in [0.4, 0.5) is 5.69 Å². The van der Waals surface area contributed by atoms with Gasteiger partial charge in [-0.05, 0) is 24.3 Å². The molecule has 0 bridgehead atoms. The van der Waals surface area contributed by atoms with Crippen LogP contribution in [0.5, 0.6) is 0 Å². The summed E-state index contributed by atoms with van der Waals surface area (Å²) in [6.07, 6.45) is 1.56. The smallest absolute Gasteiger partial charge is 0.352 e. The van der Waals surface area contributed by atoms with Gasteiger partial charge in [0, 0.05) is 11.9 Å². The van der Waals surface area contributed by atoms with Crippen LogP contribution in [0.1, 0.15) is 10.5 Å². The number of carbonyl (C=O) groups excluding carboxylic acids is 1. The third kappa shape index (κ3) is 2.76. The van der Waals surface area contributed by atoms with E-state index in [-0.39, 0.29) is 18.1 Å². The standard InChI is InChI=1S/C13H12N2O3/c16-12(14-10-5-2-1-3-6-10)9-15-8-4-7-11(15)13(17)18/h1-8H,9H2,(H,14,16)(H,17,18). The van der Waals surface area contributed by atoms with Gasteiger partial charge in [0.05, 0.1) is 0 Å². The summed E-state index contributed by atoms with van der Waals surface area (Å²) in [7, 11) is 0. The maximum absolute atomic E-state index is 11.7. The number of aromatic nitrogens is 1. The fourth-order valence-corrected chi connectivity index (χ4v) is 1.62. The summed E-state index contributed by atoms with van der Waals surface area (Å²) in [5.41, 5.74) is 0.782. The number of carboxylic acid groups (broad SMARTS) is 1. The number of carboxylic acids is 1. The first-order valence-electron chi connectivity index (χ1n) is 5.40. The van der Waals surface area contributed by atoms with Crippen molar-refractivity contribution in [2.75, 3.05) is 5.32 Å². The second-order valence-electron chi connectivity index (χ2n) is 3.74. The van der Waals surface area contributed by atoms with Gasteiger partial charge in [0.2, 0.25) is 5.91 Å². The first-order chi connectivity index (χ1) is 8.66. The van der Waals surface area contributed by atoms with Crippen molar-refractivity contribution in [2.45, 2.75) is 6.54 Å². The van der Waals surface area contributed by atoms with Crippen LogP contribution in [-0.2, 0) is 11.3 Å². The maximum atomic E-state index is 11.7. The summed E-state index contributed by atoms with van der Waals surface area (Å²) in [5, 5.41) is 11.6. The fraction of sp³-hybridized carbons (Fsp3) is 0.0769. The molecule has 5 nitrogen and oxygen atoms in total. The topological polar surface area (TPSA) is 71.3 Å². The first kappa shape index (κ1) is 11.9. The molecule has 0 spiro atoms. The van der Waals surface area contributed by atoms with Crippen molar-refractivity contribution in [2.24, 2.45) is 0 Å². The predicted octanol–water partition coefficient (Wildman–Crippen LogP) is 1.82. The van der Waals surface area contributed by atoms with E-state index in [1.165, 1.54) is 10.6 Å². The molecular weight excluding hydrogens is 232 g/mol. The molecule has 5 heteroatoms. The van der Waals surface area contributed by atoms with E-state index in [2.05, 4.69) is 5.32 Å². The molecule has 0 aliphatic rings. The fourth-order valence-electron chi connectivity index (χ4n) is 1.62. The molecule has 1 aromatic carbocycles. The van der Waals surface area contributed by atoms with Crippen molar-refractivity contribution in [3.63, 3.8) is 0 Å². The molecule has 0 atom stereocenters. The molecule has 0 aliphatic heterocycles. The molecule has 18 heavy (non-hydrogen) atoms. The average Bonchev–Trinajstić information content (AvgIpc) is 2.78. The molecule has 0 saturated carbocycles. The normalized spacial score (nSPS) is 10.0. The van der Waals surface area contributed by atoms with Crippen LogP contribution in [-0.4, -0.2) is 21.6 Å². The van der Waals surface area contributed by atoms with Gasteiger partial charge in [-0.2, -0.15) is 0 Å². The Kier molecular flexibility index (Phi) is 3.43. The van der Waals surface area contributed by atoms with Gasteiger partial charge in [-0.1, -0.05) is 18.2 Å². The zero-order chi connectivity index (χ0) is 13.0. The number of nitrogens with zero attached hydrogens (tertiary/aromatic N) is 1. The Morgan fingerprint density at radius 2 is 1.83 bits per heavy atom. The summed E-state index contributed by atoms with van der Waals surface area (Å²) in [6.45, 7) is -0.0243. The van der Waals surface area contributed by atoms with Gasteiger partial charge in [0.15, 0.2) is 0 Å². The molecule has 2 aromatic rings. The number of para-hydroxylation sites is 1. The second-order valence-corrected chi connectivity index (χ2v) is 3.74. The molecule has 0 unspecified atom stereocenters. The van der Waals surface area contributed by atoms with E-state index in [4.69, 9.17) is 5.11 Å². The lowest BCUT2D eigenvalue weighted by Crippen LogP contribution is -2.20. The molecule has 2 rings (SSSR count). The molecule has 2 N–H and O–H groups in total. The van der Waals surface area contributed by atoms with Gasteiger partial charge in [0.25, 0.3) is 0 Å². The van der Waals surface area contributed by atoms with Crippen LogP contribution >= 0.6 is 0 Å². The van der Waals surface area contributed by atoms with E-state index in [1.54, 1.807) is 24.4 Å². The highest BCUT2D eigenvalue weighted by atomic mass is 16.4. The Balaban J connectivity index is 2.04. The van der Waals surface area contributed by atoms with Gasteiger partial charge in [0.1, 0.15) is 12.2 Å². The molecule has 1 aromatic heterocycles. The van der Waals surface area contributed by atoms with Crippen LogP contribution < -0.4 is 5.32 Å². The molecule has 0 aliphatic carbocycles. The average molecular weight is 244 g/mol. The molecule has 0 saturated heterocycles. The third-order valence-corrected chi connectivity index (χ3v) is 2.42. The summed E-state index contributed by atoms with van der Waals surface area (Å²) in [6, 6.07) is 12.1. The highest BCUT2D eigenvalue weighted by Crippen LogP contribution is 2.06. The maximum Gasteiger partial charge on any atom is 0.352 e. The van der Waals surface area contributed by atoms with Crippen molar-refractivity contribution < 1.29 is 14.7 Å². The Bertz CT molecular complexity index is 561. The van der Waals surface area contributed by atoms with Crippen molar-refractivity contribution >= 4 is 17.6 Å². The monoisotopic (exact) mass is 244 g/mol. The minimum atomic E-state index is -1.05. The van der Waals surface area contributed by atoms with Gasteiger partial charge in [-0.25, -0.2) is 4.79 Å². The van der Waals surface area contributed by atoms with Gasteiger partial charge in [-0.15, -0.1) is 0 Å². The van der Waals surface area contributed by atoms with Gasteiger partial charge < -0.3 is 15.0 Å². The van der Waals surface area contributed by atoms with E-state index in [1.807, 2.05) is 18.2 Å². The quantitative estimate of drug-likeness (QED) is 0.861. The van der Waals surface area contributed by atoms with E-state index < -0.39 is 5.97 Å². The zero-order valence-electron chi connectivity index (χ0n) is 9.54. The number of nitrogens with one attached hydrogen (secondary N) is 1. The zero-order valence-corrected chi connectivity index (χ0v) is 9.54. The number of amides is 1. The van der Waals surface area contributed by atoms with Crippen LogP contribution in [0.3, 0.4) is 0 Å². The van der Waals surface area contributed by atoms with Crippen LogP contribution in [0, 0.1) is 0 Å². The lowest BCUT2D eigenvalue weighted by Gasteiger charge is -2.07. The number of benzene rings is 1. The summed E-state index contributed by atoms with van der Waals surface area (Å²) < 4.78 is 1.39. The molecular formula is C13H12N2O3. The molecule has 0 radical (unpaired) electrons. The lowest BCUT2D eigenvalue weighted by molar-refractivity contribution is -0.116. The first-order valence-corrected chi connectivity index (χ1v) is 5.40. The lowest BCUT2D eigenvalue weighted by atomic mass is 10.3. The summed E-state index contributed by atoms with van der Waals surface area (Å²) >= 11 is 0. The number of rotatable bonds is 4. The molecule has 92 valence electrons. The number of aromatic carboxylic acids is 1. The van der Waals surface area contributed by atoms with E-state index in [0.29, 0.717) is 5.69 Å². The van der Waals surface area contributed by atoms with Crippen LogP contribution in [0.2, 0.25) is 0 Å².